The molecule has 2 aliphatic carbocycles. The molecule has 2 aromatic carbocycles. The van der Waals surface area contributed by atoms with Crippen molar-refractivity contribution in [3.63, 3.8) is 0 Å². The lowest BCUT2D eigenvalue weighted by Gasteiger charge is -2.39. The van der Waals surface area contributed by atoms with Gasteiger partial charge in [-0.05, 0) is 66.0 Å². The van der Waals surface area contributed by atoms with E-state index in [0.29, 0.717) is 5.92 Å². The van der Waals surface area contributed by atoms with Gasteiger partial charge in [-0.3, -0.25) is 0 Å². The molecule has 0 saturated carbocycles. The van der Waals surface area contributed by atoms with E-state index < -0.39 is 0 Å². The van der Waals surface area contributed by atoms with Crippen molar-refractivity contribution in [2.45, 2.75) is 123 Å². The molecule has 2 aromatic rings. The van der Waals surface area contributed by atoms with Crippen molar-refractivity contribution in [1.82, 2.24) is 0 Å². The number of rotatable bonds is 14. The zero-order chi connectivity index (χ0) is 24.0. The SMILES string of the molecule is CCCCCCCCCCCCCCC(C)C12C=CCc3c(C)ccc(c31)-c1ccc(C)cc12. The summed E-state index contributed by atoms with van der Waals surface area (Å²) >= 11 is 0. The predicted octanol–water partition coefficient (Wildman–Crippen LogP) is 10.4. The van der Waals surface area contributed by atoms with E-state index in [1.807, 2.05) is 0 Å². The third-order valence-electron chi connectivity index (χ3n) is 8.84. The molecule has 0 fully saturated rings. The summed E-state index contributed by atoms with van der Waals surface area (Å²) in [6.45, 7) is 9.40. The first-order valence-electron chi connectivity index (χ1n) is 14.5. The Kier molecular flexibility index (Phi) is 8.73. The molecule has 0 spiro atoms. The van der Waals surface area contributed by atoms with Crippen LogP contribution in [-0.4, -0.2) is 0 Å². The minimum atomic E-state index is 0.0774. The second-order valence-electron chi connectivity index (χ2n) is 11.4. The Morgan fingerprint density at radius 2 is 1.38 bits per heavy atom. The van der Waals surface area contributed by atoms with Crippen molar-refractivity contribution >= 4 is 0 Å². The first kappa shape index (κ1) is 25.3. The number of hydrogen-bond acceptors (Lipinski definition) is 0. The maximum atomic E-state index is 2.59. The van der Waals surface area contributed by atoms with Gasteiger partial charge >= 0.3 is 0 Å². The minimum absolute atomic E-state index is 0.0774. The Labute approximate surface area is 210 Å². The molecule has 2 aliphatic rings. The molecule has 184 valence electrons. The third-order valence-corrected chi connectivity index (χ3v) is 8.84. The highest BCUT2D eigenvalue weighted by molar-refractivity contribution is 5.85. The van der Waals surface area contributed by atoms with Crippen molar-refractivity contribution in [2.24, 2.45) is 5.92 Å². The van der Waals surface area contributed by atoms with Crippen molar-refractivity contribution in [1.29, 1.82) is 0 Å². The van der Waals surface area contributed by atoms with Crippen LogP contribution in [-0.2, 0) is 11.8 Å². The second kappa shape index (κ2) is 11.7. The van der Waals surface area contributed by atoms with E-state index in [1.54, 1.807) is 16.7 Å². The summed E-state index contributed by atoms with van der Waals surface area (Å²) < 4.78 is 0. The average molecular weight is 457 g/mol. The van der Waals surface area contributed by atoms with Crippen LogP contribution in [0.15, 0.2) is 42.5 Å². The number of fused-ring (bicyclic) bond motifs is 3. The summed E-state index contributed by atoms with van der Waals surface area (Å²) in [5, 5.41) is 0. The van der Waals surface area contributed by atoms with Gasteiger partial charge < -0.3 is 0 Å². The topological polar surface area (TPSA) is 0 Å². The van der Waals surface area contributed by atoms with Crippen molar-refractivity contribution < 1.29 is 0 Å². The molecule has 0 N–H and O–H groups in total. The van der Waals surface area contributed by atoms with Crippen LogP contribution in [0.1, 0.15) is 125 Å². The van der Waals surface area contributed by atoms with Gasteiger partial charge in [-0.1, -0.05) is 139 Å². The van der Waals surface area contributed by atoms with Gasteiger partial charge in [-0.15, -0.1) is 0 Å². The molecule has 0 heteroatoms. The molecule has 0 bridgehead atoms. The number of unbranched alkanes of at least 4 members (excludes halogenated alkanes) is 11. The standard InChI is InChI=1S/C34H48/c1-5-6-7-8-9-10-11-12-13-14-15-16-18-28(4)34-24-17-19-29-27(3)21-23-31(33(29)34)30-22-20-26(2)25-32(30)34/h17,20-25,28H,5-16,18-19H2,1-4H3. The number of aryl methyl sites for hydroxylation is 2. The molecular weight excluding hydrogens is 408 g/mol. The maximum Gasteiger partial charge on any atom is 0.0422 e. The molecule has 2 unspecified atom stereocenters. The van der Waals surface area contributed by atoms with E-state index >= 15 is 0 Å². The Hall–Kier alpha value is -1.82. The fourth-order valence-corrected chi connectivity index (χ4v) is 6.81. The van der Waals surface area contributed by atoms with Crippen LogP contribution in [0.3, 0.4) is 0 Å². The van der Waals surface area contributed by atoms with Gasteiger partial charge in [-0.25, -0.2) is 0 Å². The smallest absolute Gasteiger partial charge is 0.0422 e. The highest BCUT2D eigenvalue weighted by Gasteiger charge is 2.47. The Balaban J connectivity index is 1.33. The van der Waals surface area contributed by atoms with Crippen LogP contribution in [0, 0.1) is 19.8 Å². The van der Waals surface area contributed by atoms with Crippen molar-refractivity contribution in [3.05, 3.63) is 70.3 Å². The highest BCUT2D eigenvalue weighted by Crippen LogP contribution is 2.57. The van der Waals surface area contributed by atoms with Gasteiger partial charge in [0, 0.05) is 5.41 Å². The molecule has 0 amide bonds. The summed E-state index contributed by atoms with van der Waals surface area (Å²) in [5.74, 6) is 0.634. The van der Waals surface area contributed by atoms with Crippen LogP contribution < -0.4 is 0 Å². The fourth-order valence-electron chi connectivity index (χ4n) is 6.81. The lowest BCUT2D eigenvalue weighted by Crippen LogP contribution is -2.34. The molecule has 0 aliphatic heterocycles. The molecular formula is C34H48. The first-order chi connectivity index (χ1) is 16.6. The lowest BCUT2D eigenvalue weighted by molar-refractivity contribution is 0.373. The number of hydrogen-bond donors (Lipinski definition) is 0. The number of allylic oxidation sites excluding steroid dienone is 2. The summed E-state index contributed by atoms with van der Waals surface area (Å²) in [6.07, 6.45) is 24.6. The molecule has 0 heterocycles. The van der Waals surface area contributed by atoms with Crippen molar-refractivity contribution in [3.8, 4) is 11.1 Å². The van der Waals surface area contributed by atoms with Gasteiger partial charge in [0.1, 0.15) is 0 Å². The molecule has 2 atom stereocenters. The van der Waals surface area contributed by atoms with Gasteiger partial charge in [0.2, 0.25) is 0 Å². The predicted molar refractivity (Wildman–Crippen MR) is 150 cm³/mol. The van der Waals surface area contributed by atoms with Crippen LogP contribution in [0.2, 0.25) is 0 Å². The second-order valence-corrected chi connectivity index (χ2v) is 11.4. The van der Waals surface area contributed by atoms with E-state index in [0.717, 1.165) is 6.42 Å². The molecule has 34 heavy (non-hydrogen) atoms. The Morgan fingerprint density at radius 1 is 0.765 bits per heavy atom. The molecule has 0 nitrogen and oxygen atoms in total. The summed E-state index contributed by atoms with van der Waals surface area (Å²) in [6, 6.07) is 11.9. The Morgan fingerprint density at radius 3 is 2.06 bits per heavy atom. The van der Waals surface area contributed by atoms with Crippen LogP contribution in [0.25, 0.3) is 11.1 Å². The van der Waals surface area contributed by atoms with Crippen molar-refractivity contribution in [2.75, 3.05) is 0 Å². The number of benzene rings is 2. The summed E-state index contributed by atoms with van der Waals surface area (Å²) in [5.41, 5.74) is 10.7. The normalized spacial score (nSPS) is 18.7. The third kappa shape index (κ3) is 5.07. The van der Waals surface area contributed by atoms with E-state index in [2.05, 4.69) is 70.2 Å². The zero-order valence-corrected chi connectivity index (χ0v) is 22.5. The van der Waals surface area contributed by atoms with E-state index in [-0.39, 0.29) is 5.41 Å². The van der Waals surface area contributed by atoms with Crippen LogP contribution >= 0.6 is 0 Å². The average Bonchev–Trinajstić information content (AvgIpc) is 3.13. The highest BCUT2D eigenvalue weighted by atomic mass is 14.5. The van der Waals surface area contributed by atoms with Gasteiger partial charge in [0.25, 0.3) is 0 Å². The van der Waals surface area contributed by atoms with Gasteiger partial charge in [-0.2, -0.15) is 0 Å². The fraction of sp³-hybridized carbons (Fsp3) is 0.588. The molecule has 4 rings (SSSR count). The lowest BCUT2D eigenvalue weighted by atomic mass is 9.63. The molecule has 0 aromatic heterocycles. The minimum Gasteiger partial charge on any atom is -0.0829 e. The largest absolute Gasteiger partial charge is 0.0829 e. The van der Waals surface area contributed by atoms with E-state index in [9.17, 15) is 0 Å². The quantitative estimate of drug-likeness (QED) is 0.196. The molecule has 0 radical (unpaired) electrons. The van der Waals surface area contributed by atoms with E-state index in [4.69, 9.17) is 0 Å². The van der Waals surface area contributed by atoms with Gasteiger partial charge in [0.05, 0.1) is 0 Å². The van der Waals surface area contributed by atoms with Crippen LogP contribution in [0.4, 0.5) is 0 Å². The van der Waals surface area contributed by atoms with E-state index in [1.165, 1.54) is 106 Å². The maximum absolute atomic E-state index is 2.59. The van der Waals surface area contributed by atoms with Gasteiger partial charge in [0.15, 0.2) is 0 Å². The zero-order valence-electron chi connectivity index (χ0n) is 22.5. The molecule has 0 saturated heterocycles. The summed E-state index contributed by atoms with van der Waals surface area (Å²) in [4.78, 5) is 0. The Bertz CT molecular complexity index is 978. The summed E-state index contributed by atoms with van der Waals surface area (Å²) in [7, 11) is 0. The first-order valence-corrected chi connectivity index (χ1v) is 14.5. The monoisotopic (exact) mass is 456 g/mol. The van der Waals surface area contributed by atoms with Crippen LogP contribution in [0.5, 0.6) is 0 Å².